The number of aryl methyl sites for hydroxylation is 2. The fourth-order valence-corrected chi connectivity index (χ4v) is 4.39. The summed E-state index contributed by atoms with van der Waals surface area (Å²) in [4.78, 5) is 28.4. The van der Waals surface area contributed by atoms with Crippen LogP contribution in [0.15, 0.2) is 47.3 Å². The van der Waals surface area contributed by atoms with Gasteiger partial charge in [-0.15, -0.1) is 0 Å². The van der Waals surface area contributed by atoms with Crippen LogP contribution in [0, 0.1) is 12.3 Å². The third-order valence-electron chi connectivity index (χ3n) is 5.98. The van der Waals surface area contributed by atoms with Crippen LogP contribution in [-0.2, 0) is 19.3 Å². The van der Waals surface area contributed by atoms with Gasteiger partial charge in [0.05, 0.1) is 11.4 Å². The Hall–Kier alpha value is -3.15. The van der Waals surface area contributed by atoms with Crippen molar-refractivity contribution in [1.82, 2.24) is 20.1 Å². The first-order chi connectivity index (χ1) is 14.7. The summed E-state index contributed by atoms with van der Waals surface area (Å²) in [5.74, 6) is -0.331. The van der Waals surface area contributed by atoms with E-state index in [0.717, 1.165) is 47.6 Å². The zero-order valence-electron chi connectivity index (χ0n) is 18.7. The quantitative estimate of drug-likeness (QED) is 0.662. The molecule has 2 aromatic heterocycles. The number of carbonyl (C=O) groups excluding carboxylic acids is 1. The van der Waals surface area contributed by atoms with Gasteiger partial charge in [-0.25, -0.2) is 4.68 Å². The van der Waals surface area contributed by atoms with Crippen molar-refractivity contribution in [3.63, 3.8) is 0 Å². The highest BCUT2D eigenvalue weighted by Gasteiger charge is 2.27. The van der Waals surface area contributed by atoms with Crippen LogP contribution < -0.4 is 10.9 Å². The Bertz CT molecular complexity index is 1160. The van der Waals surface area contributed by atoms with Crippen molar-refractivity contribution in [1.29, 1.82) is 0 Å². The minimum absolute atomic E-state index is 0.155. The summed E-state index contributed by atoms with van der Waals surface area (Å²) in [6.07, 6.45) is 3.35. The average molecular weight is 419 g/mol. The predicted octanol–water partition coefficient (Wildman–Crippen LogP) is 3.74. The van der Waals surface area contributed by atoms with E-state index in [-0.39, 0.29) is 28.5 Å². The van der Waals surface area contributed by atoms with E-state index in [2.05, 4.69) is 29.2 Å². The highest BCUT2D eigenvalue weighted by atomic mass is 16.2. The molecular weight excluding hydrogens is 388 g/mol. The molecule has 2 N–H and O–H groups in total. The molecule has 2 heterocycles. The van der Waals surface area contributed by atoms with Crippen molar-refractivity contribution in [2.24, 2.45) is 5.41 Å². The summed E-state index contributed by atoms with van der Waals surface area (Å²) in [6.45, 7) is 8.35. The van der Waals surface area contributed by atoms with E-state index < -0.39 is 0 Å². The van der Waals surface area contributed by atoms with Crippen molar-refractivity contribution in [3.8, 4) is 5.69 Å². The third kappa shape index (κ3) is 4.63. The number of benzene rings is 1. The second-order valence-electron chi connectivity index (χ2n) is 9.46. The summed E-state index contributed by atoms with van der Waals surface area (Å²) >= 11 is 0. The Labute approximate surface area is 182 Å². The topological polar surface area (TPSA) is 79.8 Å². The number of para-hydroxylation sites is 1. The highest BCUT2D eigenvalue weighted by Crippen LogP contribution is 2.33. The van der Waals surface area contributed by atoms with Crippen molar-refractivity contribution in [2.75, 3.05) is 0 Å². The van der Waals surface area contributed by atoms with Crippen LogP contribution in [0.2, 0.25) is 0 Å². The molecule has 0 saturated carbocycles. The number of pyridine rings is 1. The van der Waals surface area contributed by atoms with Gasteiger partial charge in [0.1, 0.15) is 5.56 Å². The molecule has 6 nitrogen and oxygen atoms in total. The fourth-order valence-electron chi connectivity index (χ4n) is 4.39. The molecule has 0 saturated heterocycles. The second kappa shape index (κ2) is 8.17. The lowest BCUT2D eigenvalue weighted by Crippen LogP contribution is -2.38. The second-order valence-corrected chi connectivity index (χ2v) is 9.46. The van der Waals surface area contributed by atoms with Gasteiger partial charge in [-0.2, -0.15) is 5.10 Å². The van der Waals surface area contributed by atoms with Crippen LogP contribution in [0.5, 0.6) is 0 Å². The lowest BCUT2D eigenvalue weighted by molar-refractivity contribution is 0.0938. The first-order valence-electron chi connectivity index (χ1n) is 10.9. The maximum atomic E-state index is 12.9. The number of hydrogen-bond acceptors (Lipinski definition) is 3. The maximum Gasteiger partial charge on any atom is 0.261 e. The number of aromatic amines is 1. The van der Waals surface area contributed by atoms with Gasteiger partial charge in [0.25, 0.3) is 11.5 Å². The fraction of sp³-hybridized carbons (Fsp3) is 0.400. The number of H-pyrrole nitrogens is 1. The van der Waals surface area contributed by atoms with Crippen LogP contribution in [0.25, 0.3) is 5.69 Å². The smallest absolute Gasteiger partial charge is 0.261 e. The first-order valence-corrected chi connectivity index (χ1v) is 10.9. The molecule has 1 aliphatic rings. The molecule has 1 aromatic carbocycles. The number of carbonyl (C=O) groups is 1. The zero-order chi connectivity index (χ0) is 22.2. The molecule has 0 bridgehead atoms. The molecule has 1 aliphatic carbocycles. The van der Waals surface area contributed by atoms with Crippen LogP contribution in [0.3, 0.4) is 0 Å². The van der Waals surface area contributed by atoms with Crippen LogP contribution in [-0.4, -0.2) is 26.7 Å². The van der Waals surface area contributed by atoms with Gasteiger partial charge >= 0.3 is 0 Å². The summed E-state index contributed by atoms with van der Waals surface area (Å²) < 4.78 is 1.91. The Morgan fingerprint density at radius 1 is 1.26 bits per heavy atom. The Kier molecular flexibility index (Phi) is 5.56. The summed E-state index contributed by atoms with van der Waals surface area (Å²) in [5, 5.41) is 7.60. The number of amides is 1. The van der Waals surface area contributed by atoms with E-state index in [1.54, 1.807) is 6.07 Å². The van der Waals surface area contributed by atoms with Gasteiger partial charge < -0.3 is 10.3 Å². The first kappa shape index (κ1) is 21.1. The van der Waals surface area contributed by atoms with Gasteiger partial charge in [0.15, 0.2) is 0 Å². The predicted molar refractivity (Wildman–Crippen MR) is 122 cm³/mol. The molecule has 1 amide bonds. The van der Waals surface area contributed by atoms with E-state index >= 15 is 0 Å². The number of nitrogens with one attached hydrogen (secondary N) is 2. The van der Waals surface area contributed by atoms with Gasteiger partial charge in [-0.05, 0) is 68.4 Å². The van der Waals surface area contributed by atoms with E-state index in [1.807, 2.05) is 54.9 Å². The zero-order valence-corrected chi connectivity index (χ0v) is 18.7. The molecule has 162 valence electrons. The molecule has 0 fully saturated rings. The summed E-state index contributed by atoms with van der Waals surface area (Å²) in [5.41, 5.74) is 5.02. The van der Waals surface area contributed by atoms with Gasteiger partial charge in [-0.1, -0.05) is 32.0 Å². The largest absolute Gasteiger partial charge is 0.349 e. The van der Waals surface area contributed by atoms with E-state index in [1.165, 1.54) is 0 Å². The standard InChI is InChI=1S/C25H30N4O2/c1-16(12-20-13-17(2)28-29(20)19-8-6-5-7-9-19)26-23(30)21-14-18-15-25(3,4)11-10-22(18)27-24(21)31/h5-9,13-14,16H,10-12,15H2,1-4H3,(H,26,30)(H,27,31). The van der Waals surface area contributed by atoms with E-state index in [0.29, 0.717) is 6.42 Å². The molecule has 0 radical (unpaired) electrons. The average Bonchev–Trinajstić information content (AvgIpc) is 3.07. The molecule has 3 aromatic rings. The number of aromatic nitrogens is 3. The molecule has 0 aliphatic heterocycles. The molecule has 6 heteroatoms. The Balaban J connectivity index is 1.51. The van der Waals surface area contributed by atoms with E-state index in [4.69, 9.17) is 0 Å². The number of fused-ring (bicyclic) bond motifs is 1. The highest BCUT2D eigenvalue weighted by molar-refractivity contribution is 5.94. The molecule has 4 rings (SSSR count). The van der Waals surface area contributed by atoms with Crippen molar-refractivity contribution in [2.45, 2.75) is 59.4 Å². The summed E-state index contributed by atoms with van der Waals surface area (Å²) in [6, 6.07) is 13.6. The lowest BCUT2D eigenvalue weighted by atomic mass is 9.76. The molecule has 1 atom stereocenters. The SMILES string of the molecule is Cc1cc(CC(C)NC(=O)c2cc3c([nH]c2=O)CCC(C)(C)C3)n(-c2ccccc2)n1. The van der Waals surface area contributed by atoms with Crippen molar-refractivity contribution in [3.05, 3.63) is 81.0 Å². The van der Waals surface area contributed by atoms with Crippen LogP contribution >= 0.6 is 0 Å². The number of rotatable bonds is 5. The van der Waals surface area contributed by atoms with Crippen LogP contribution in [0.4, 0.5) is 0 Å². The maximum absolute atomic E-state index is 12.9. The Morgan fingerprint density at radius 3 is 2.74 bits per heavy atom. The molecule has 0 spiro atoms. The third-order valence-corrected chi connectivity index (χ3v) is 5.98. The van der Waals surface area contributed by atoms with Crippen molar-refractivity contribution >= 4 is 5.91 Å². The Morgan fingerprint density at radius 2 is 2.00 bits per heavy atom. The normalized spacial score (nSPS) is 15.9. The van der Waals surface area contributed by atoms with Gasteiger partial charge in [0, 0.05) is 23.9 Å². The summed E-state index contributed by atoms with van der Waals surface area (Å²) in [7, 11) is 0. The lowest BCUT2D eigenvalue weighted by Gasteiger charge is -2.31. The molecular formula is C25H30N4O2. The molecule has 1 unspecified atom stereocenters. The van der Waals surface area contributed by atoms with Gasteiger partial charge in [-0.3, -0.25) is 9.59 Å². The van der Waals surface area contributed by atoms with Crippen molar-refractivity contribution < 1.29 is 4.79 Å². The minimum atomic E-state index is -0.331. The number of nitrogens with zero attached hydrogens (tertiary/aromatic N) is 2. The minimum Gasteiger partial charge on any atom is -0.349 e. The van der Waals surface area contributed by atoms with Crippen LogP contribution in [0.1, 0.15) is 60.2 Å². The monoisotopic (exact) mass is 418 g/mol. The van der Waals surface area contributed by atoms with E-state index in [9.17, 15) is 9.59 Å². The molecule has 31 heavy (non-hydrogen) atoms. The van der Waals surface area contributed by atoms with Gasteiger partial charge in [0.2, 0.25) is 0 Å². The number of hydrogen-bond donors (Lipinski definition) is 2.